The van der Waals surface area contributed by atoms with Crippen LogP contribution in [0.2, 0.25) is 0 Å². The van der Waals surface area contributed by atoms with Gasteiger partial charge in [-0.25, -0.2) is 4.79 Å². The smallest absolute Gasteiger partial charge is 0.407 e. The Balaban J connectivity index is 2.08. The van der Waals surface area contributed by atoms with Crippen molar-refractivity contribution in [2.24, 2.45) is 5.73 Å². The van der Waals surface area contributed by atoms with Gasteiger partial charge < -0.3 is 21.5 Å². The number of carbonyl (C=O) groups excluding carboxylic acids is 1. The molecule has 2 rings (SSSR count). The zero-order valence-electron chi connectivity index (χ0n) is 9.74. The first-order valence-corrected chi connectivity index (χ1v) is 5.61. The summed E-state index contributed by atoms with van der Waals surface area (Å²) >= 11 is 0. The number of primary amides is 1. The van der Waals surface area contributed by atoms with Crippen molar-refractivity contribution >= 4 is 17.7 Å². The van der Waals surface area contributed by atoms with Gasteiger partial charge in [0.2, 0.25) is 0 Å². The maximum Gasteiger partial charge on any atom is 0.407 e. The van der Waals surface area contributed by atoms with Gasteiger partial charge in [-0.1, -0.05) is 0 Å². The fourth-order valence-corrected chi connectivity index (χ4v) is 2.11. The van der Waals surface area contributed by atoms with Gasteiger partial charge in [0.15, 0.2) is 5.69 Å². The number of anilines is 1. The average Bonchev–Trinajstić information content (AvgIpc) is 2.71. The molecule has 1 aromatic heterocycles. The number of aromatic nitrogens is 2. The van der Waals surface area contributed by atoms with Crippen molar-refractivity contribution in [1.29, 1.82) is 0 Å². The topological polar surface area (TPSA) is 127 Å². The van der Waals surface area contributed by atoms with Gasteiger partial charge in [-0.3, -0.25) is 9.48 Å². The predicted molar refractivity (Wildman–Crippen MR) is 63.0 cm³/mol. The summed E-state index contributed by atoms with van der Waals surface area (Å²) in [6.07, 6.45) is 1.95. The van der Waals surface area contributed by atoms with Crippen LogP contribution in [-0.4, -0.2) is 44.9 Å². The minimum atomic E-state index is -0.911. The molecule has 18 heavy (non-hydrogen) atoms. The largest absolute Gasteiger partial charge is 0.465 e. The SMILES string of the molecule is NC(=O)c1nn(C2CCN(C(=O)O)CC2)cc1N. The molecule has 8 nitrogen and oxygen atoms in total. The summed E-state index contributed by atoms with van der Waals surface area (Å²) in [7, 11) is 0. The second kappa shape index (κ2) is 4.55. The van der Waals surface area contributed by atoms with Crippen LogP contribution in [-0.2, 0) is 0 Å². The second-order valence-electron chi connectivity index (χ2n) is 4.28. The molecule has 1 aliphatic heterocycles. The molecule has 0 aromatic carbocycles. The summed E-state index contributed by atoms with van der Waals surface area (Å²) in [4.78, 5) is 23.2. The van der Waals surface area contributed by atoms with E-state index in [1.54, 1.807) is 10.9 Å². The zero-order chi connectivity index (χ0) is 13.3. The average molecular weight is 253 g/mol. The number of nitrogens with zero attached hydrogens (tertiary/aromatic N) is 3. The Morgan fingerprint density at radius 2 is 2.00 bits per heavy atom. The molecule has 0 bridgehead atoms. The molecule has 0 aliphatic carbocycles. The van der Waals surface area contributed by atoms with Crippen molar-refractivity contribution in [2.75, 3.05) is 18.8 Å². The number of carboxylic acid groups (broad SMARTS) is 1. The van der Waals surface area contributed by atoms with Crippen molar-refractivity contribution < 1.29 is 14.7 Å². The summed E-state index contributed by atoms with van der Waals surface area (Å²) in [6.45, 7) is 0.900. The van der Waals surface area contributed by atoms with E-state index in [0.717, 1.165) is 0 Å². The van der Waals surface area contributed by atoms with E-state index >= 15 is 0 Å². The lowest BCUT2D eigenvalue weighted by molar-refractivity contribution is 0.0994. The standard InChI is InChI=1S/C10H15N5O3/c11-7-5-15(13-8(7)9(12)16)6-1-3-14(4-2-6)10(17)18/h5-6H,1-4,11H2,(H2,12,16)(H,17,18). The van der Waals surface area contributed by atoms with Gasteiger partial charge in [0.05, 0.1) is 11.7 Å². The summed E-state index contributed by atoms with van der Waals surface area (Å²) in [5.74, 6) is -0.658. The van der Waals surface area contributed by atoms with Crippen molar-refractivity contribution in [1.82, 2.24) is 14.7 Å². The monoisotopic (exact) mass is 253 g/mol. The predicted octanol–water partition coefficient (Wildman–Crippen LogP) is -0.121. The summed E-state index contributed by atoms with van der Waals surface area (Å²) in [5, 5.41) is 12.9. The molecular weight excluding hydrogens is 238 g/mol. The summed E-state index contributed by atoms with van der Waals surface area (Å²) < 4.78 is 1.61. The number of hydrogen-bond donors (Lipinski definition) is 3. The maximum atomic E-state index is 11.0. The van der Waals surface area contributed by atoms with Crippen molar-refractivity contribution in [2.45, 2.75) is 18.9 Å². The third kappa shape index (κ3) is 2.22. The number of hydrogen-bond acceptors (Lipinski definition) is 4. The van der Waals surface area contributed by atoms with E-state index < -0.39 is 12.0 Å². The Labute approximate surface area is 103 Å². The van der Waals surface area contributed by atoms with E-state index in [4.69, 9.17) is 16.6 Å². The zero-order valence-corrected chi connectivity index (χ0v) is 9.74. The molecule has 1 aliphatic rings. The molecule has 0 unspecified atom stereocenters. The Morgan fingerprint density at radius 1 is 1.39 bits per heavy atom. The Morgan fingerprint density at radius 3 is 2.44 bits per heavy atom. The lowest BCUT2D eigenvalue weighted by Gasteiger charge is -2.29. The van der Waals surface area contributed by atoms with Crippen LogP contribution in [0.25, 0.3) is 0 Å². The number of rotatable bonds is 2. The number of amides is 2. The maximum absolute atomic E-state index is 11.0. The molecule has 0 radical (unpaired) electrons. The molecule has 5 N–H and O–H groups in total. The lowest BCUT2D eigenvalue weighted by atomic mass is 10.1. The molecule has 98 valence electrons. The first-order valence-electron chi connectivity index (χ1n) is 5.61. The van der Waals surface area contributed by atoms with E-state index in [2.05, 4.69) is 5.10 Å². The Bertz CT molecular complexity index is 476. The third-order valence-electron chi connectivity index (χ3n) is 3.10. The van der Waals surface area contributed by atoms with Gasteiger partial charge in [-0.15, -0.1) is 0 Å². The highest BCUT2D eigenvalue weighted by Gasteiger charge is 2.25. The number of nitrogen functional groups attached to an aromatic ring is 1. The third-order valence-corrected chi connectivity index (χ3v) is 3.10. The van der Waals surface area contributed by atoms with Crippen LogP contribution in [0.3, 0.4) is 0 Å². The van der Waals surface area contributed by atoms with Crippen molar-refractivity contribution in [3.63, 3.8) is 0 Å². The fourth-order valence-electron chi connectivity index (χ4n) is 2.11. The Hall–Kier alpha value is -2.25. The van der Waals surface area contributed by atoms with Crippen LogP contribution in [0.1, 0.15) is 29.4 Å². The summed E-state index contributed by atoms with van der Waals surface area (Å²) in [5.41, 5.74) is 11.1. The molecule has 2 heterocycles. The van der Waals surface area contributed by atoms with E-state index in [1.807, 2.05) is 0 Å². The minimum absolute atomic E-state index is 0.0519. The van der Waals surface area contributed by atoms with Crippen LogP contribution >= 0.6 is 0 Å². The van der Waals surface area contributed by atoms with Gasteiger partial charge in [-0.05, 0) is 12.8 Å². The van der Waals surface area contributed by atoms with Crippen LogP contribution in [0.4, 0.5) is 10.5 Å². The Kier molecular flexibility index (Phi) is 3.09. The van der Waals surface area contributed by atoms with Crippen LogP contribution in [0, 0.1) is 0 Å². The van der Waals surface area contributed by atoms with E-state index in [0.29, 0.717) is 25.9 Å². The number of piperidine rings is 1. The van der Waals surface area contributed by atoms with Gasteiger partial charge in [-0.2, -0.15) is 5.10 Å². The van der Waals surface area contributed by atoms with Crippen molar-refractivity contribution in [3.05, 3.63) is 11.9 Å². The molecule has 1 fully saturated rings. The first kappa shape index (κ1) is 12.2. The van der Waals surface area contributed by atoms with Crippen LogP contribution in [0.15, 0.2) is 6.20 Å². The quantitative estimate of drug-likeness (QED) is 0.677. The molecule has 2 amide bonds. The molecule has 0 saturated carbocycles. The molecule has 1 saturated heterocycles. The molecule has 0 atom stereocenters. The molecule has 8 heteroatoms. The van der Waals surface area contributed by atoms with E-state index in [-0.39, 0.29) is 17.4 Å². The lowest BCUT2D eigenvalue weighted by Crippen LogP contribution is -2.38. The first-order chi connectivity index (χ1) is 8.49. The number of carbonyl (C=O) groups is 2. The highest BCUT2D eigenvalue weighted by molar-refractivity contribution is 5.95. The van der Waals surface area contributed by atoms with Gasteiger partial charge in [0.1, 0.15) is 0 Å². The summed E-state index contributed by atoms with van der Waals surface area (Å²) in [6, 6.07) is 0.0519. The minimum Gasteiger partial charge on any atom is -0.465 e. The molecule has 1 aromatic rings. The van der Waals surface area contributed by atoms with Crippen LogP contribution < -0.4 is 11.5 Å². The molecular formula is C10H15N5O3. The number of nitrogens with two attached hydrogens (primary N) is 2. The fraction of sp³-hybridized carbons (Fsp3) is 0.500. The number of likely N-dealkylation sites (tertiary alicyclic amines) is 1. The van der Waals surface area contributed by atoms with Gasteiger partial charge in [0.25, 0.3) is 5.91 Å². The highest BCUT2D eigenvalue weighted by Crippen LogP contribution is 2.23. The highest BCUT2D eigenvalue weighted by atomic mass is 16.4. The van der Waals surface area contributed by atoms with Crippen molar-refractivity contribution in [3.8, 4) is 0 Å². The van der Waals surface area contributed by atoms with Gasteiger partial charge in [0, 0.05) is 19.3 Å². The van der Waals surface area contributed by atoms with Crippen LogP contribution in [0.5, 0.6) is 0 Å². The van der Waals surface area contributed by atoms with Gasteiger partial charge >= 0.3 is 6.09 Å². The van der Waals surface area contributed by atoms with E-state index in [1.165, 1.54) is 4.90 Å². The van der Waals surface area contributed by atoms with E-state index in [9.17, 15) is 9.59 Å². The normalized spacial score (nSPS) is 16.8. The molecule has 0 spiro atoms. The second-order valence-corrected chi connectivity index (χ2v) is 4.28.